The molecule has 0 aliphatic carbocycles. The van der Waals surface area contributed by atoms with E-state index in [1.807, 2.05) is 11.3 Å². The van der Waals surface area contributed by atoms with Crippen LogP contribution in [-0.4, -0.2) is 30.1 Å². The summed E-state index contributed by atoms with van der Waals surface area (Å²) < 4.78 is 1.27. The van der Waals surface area contributed by atoms with E-state index in [-0.39, 0.29) is 0 Å². The minimum atomic E-state index is 0.665. The Morgan fingerprint density at radius 1 is 1.56 bits per heavy atom. The Morgan fingerprint density at radius 2 is 2.39 bits per heavy atom. The average Bonchev–Trinajstić information content (AvgIpc) is 2.65. The molecule has 0 spiro atoms. The number of hydrogen-bond acceptors (Lipinski definition) is 3. The summed E-state index contributed by atoms with van der Waals surface area (Å²) in [6.07, 6.45) is 3.81. The molecule has 0 amide bonds. The van der Waals surface area contributed by atoms with Crippen molar-refractivity contribution in [1.29, 1.82) is 0 Å². The normalized spacial score (nSPS) is 26.2. The summed E-state index contributed by atoms with van der Waals surface area (Å²) in [4.78, 5) is 4.09. The Bertz CT molecular complexity index is 366. The summed E-state index contributed by atoms with van der Waals surface area (Å²) in [6, 6.07) is 3.50. The van der Waals surface area contributed by atoms with Gasteiger partial charge in [-0.05, 0) is 53.7 Å². The van der Waals surface area contributed by atoms with Crippen molar-refractivity contribution in [2.24, 2.45) is 0 Å². The Hall–Kier alpha value is 0.1000. The number of nitrogens with zero attached hydrogens (tertiary/aromatic N) is 1. The first-order valence-electron chi connectivity index (χ1n) is 6.90. The van der Waals surface area contributed by atoms with Gasteiger partial charge >= 0.3 is 0 Å². The van der Waals surface area contributed by atoms with Crippen molar-refractivity contribution in [2.45, 2.75) is 51.7 Å². The zero-order valence-electron chi connectivity index (χ0n) is 11.3. The zero-order chi connectivity index (χ0) is 13.0. The standard InChI is InChI=1S/C14H23BrN2S/c1-3-4-12-9-17(11(2)5-7-16-12)10-14-13(15)6-8-18-14/h6,8,11-12,16H,3-5,7,9-10H2,1-2H3. The third kappa shape index (κ3) is 3.80. The SMILES string of the molecule is CCCC1CN(Cc2sccc2Br)C(C)CCN1. The number of thiophene rings is 1. The Labute approximate surface area is 123 Å². The molecule has 1 N–H and O–H groups in total. The van der Waals surface area contributed by atoms with Gasteiger partial charge in [-0.1, -0.05) is 13.3 Å². The minimum absolute atomic E-state index is 0.665. The van der Waals surface area contributed by atoms with Crippen molar-refractivity contribution in [3.63, 3.8) is 0 Å². The van der Waals surface area contributed by atoms with Gasteiger partial charge in [-0.15, -0.1) is 11.3 Å². The van der Waals surface area contributed by atoms with E-state index in [0.717, 1.165) is 13.1 Å². The average molecular weight is 331 g/mol. The van der Waals surface area contributed by atoms with Crippen LogP contribution >= 0.6 is 27.3 Å². The van der Waals surface area contributed by atoms with E-state index in [4.69, 9.17) is 0 Å². The van der Waals surface area contributed by atoms with Gasteiger partial charge in [0.1, 0.15) is 0 Å². The quantitative estimate of drug-likeness (QED) is 0.901. The van der Waals surface area contributed by atoms with E-state index in [0.29, 0.717) is 12.1 Å². The molecule has 0 bridgehead atoms. The zero-order valence-corrected chi connectivity index (χ0v) is 13.7. The molecule has 18 heavy (non-hydrogen) atoms. The van der Waals surface area contributed by atoms with Gasteiger partial charge in [-0.3, -0.25) is 4.90 Å². The van der Waals surface area contributed by atoms with Crippen molar-refractivity contribution in [3.8, 4) is 0 Å². The molecule has 2 heterocycles. The van der Waals surface area contributed by atoms with Crippen molar-refractivity contribution < 1.29 is 0 Å². The van der Waals surface area contributed by atoms with Gasteiger partial charge in [0.2, 0.25) is 0 Å². The summed E-state index contributed by atoms with van der Waals surface area (Å²) in [5, 5.41) is 5.86. The minimum Gasteiger partial charge on any atom is -0.313 e. The van der Waals surface area contributed by atoms with Gasteiger partial charge in [-0.2, -0.15) is 0 Å². The van der Waals surface area contributed by atoms with Crippen molar-refractivity contribution >= 4 is 27.3 Å². The van der Waals surface area contributed by atoms with Crippen LogP contribution in [0, 0.1) is 0 Å². The maximum atomic E-state index is 3.69. The molecule has 2 rings (SSSR count). The maximum absolute atomic E-state index is 3.69. The highest BCUT2D eigenvalue weighted by Crippen LogP contribution is 2.26. The number of rotatable bonds is 4. The number of halogens is 1. The van der Waals surface area contributed by atoms with Gasteiger partial charge in [-0.25, -0.2) is 0 Å². The molecule has 1 fully saturated rings. The predicted molar refractivity (Wildman–Crippen MR) is 83.2 cm³/mol. The summed E-state index contributed by atoms with van der Waals surface area (Å²) in [7, 11) is 0. The first-order chi connectivity index (χ1) is 8.70. The van der Waals surface area contributed by atoms with Gasteiger partial charge in [0.15, 0.2) is 0 Å². The molecule has 1 saturated heterocycles. The van der Waals surface area contributed by atoms with Crippen LogP contribution in [0.5, 0.6) is 0 Å². The van der Waals surface area contributed by atoms with Crippen molar-refractivity contribution in [2.75, 3.05) is 13.1 Å². The van der Waals surface area contributed by atoms with E-state index in [2.05, 4.69) is 51.4 Å². The maximum Gasteiger partial charge on any atom is 0.0342 e. The van der Waals surface area contributed by atoms with Crippen LogP contribution in [-0.2, 0) is 6.54 Å². The third-order valence-corrected chi connectivity index (χ3v) is 5.66. The largest absolute Gasteiger partial charge is 0.313 e. The fourth-order valence-corrected chi connectivity index (χ4v) is 4.09. The second-order valence-electron chi connectivity index (χ2n) is 5.20. The van der Waals surface area contributed by atoms with E-state index in [1.165, 1.54) is 35.2 Å². The second-order valence-corrected chi connectivity index (χ2v) is 7.05. The summed E-state index contributed by atoms with van der Waals surface area (Å²) in [6.45, 7) is 8.06. The lowest BCUT2D eigenvalue weighted by Gasteiger charge is -2.28. The van der Waals surface area contributed by atoms with E-state index in [1.54, 1.807) is 0 Å². The first kappa shape index (κ1) is 14.5. The highest BCUT2D eigenvalue weighted by molar-refractivity contribution is 9.10. The van der Waals surface area contributed by atoms with Crippen LogP contribution in [0.25, 0.3) is 0 Å². The first-order valence-corrected chi connectivity index (χ1v) is 8.57. The topological polar surface area (TPSA) is 15.3 Å². The molecule has 0 aromatic carbocycles. The monoisotopic (exact) mass is 330 g/mol. The highest BCUT2D eigenvalue weighted by atomic mass is 79.9. The van der Waals surface area contributed by atoms with Crippen LogP contribution in [0.3, 0.4) is 0 Å². The van der Waals surface area contributed by atoms with E-state index < -0.39 is 0 Å². The lowest BCUT2D eigenvalue weighted by atomic mass is 10.1. The van der Waals surface area contributed by atoms with E-state index >= 15 is 0 Å². The third-order valence-electron chi connectivity index (χ3n) is 3.75. The molecule has 0 saturated carbocycles. The lowest BCUT2D eigenvalue weighted by molar-refractivity contribution is 0.194. The molecule has 2 nitrogen and oxygen atoms in total. The number of hydrogen-bond donors (Lipinski definition) is 1. The molecule has 1 aliphatic rings. The fraction of sp³-hybridized carbons (Fsp3) is 0.714. The van der Waals surface area contributed by atoms with E-state index in [9.17, 15) is 0 Å². The molecule has 1 aromatic heterocycles. The molecule has 4 heteroatoms. The van der Waals surface area contributed by atoms with Crippen molar-refractivity contribution in [1.82, 2.24) is 10.2 Å². The second kappa shape index (κ2) is 7.04. The Morgan fingerprint density at radius 3 is 3.06 bits per heavy atom. The van der Waals surface area contributed by atoms with Crippen molar-refractivity contribution in [3.05, 3.63) is 20.8 Å². The van der Waals surface area contributed by atoms with Crippen LogP contribution in [0.15, 0.2) is 15.9 Å². The molecule has 2 unspecified atom stereocenters. The Balaban J connectivity index is 2.01. The van der Waals surface area contributed by atoms with Gasteiger partial charge < -0.3 is 5.32 Å². The Kier molecular flexibility index (Phi) is 5.67. The predicted octanol–water partition coefficient (Wildman–Crippen LogP) is 3.86. The van der Waals surface area contributed by atoms with Crippen LogP contribution < -0.4 is 5.32 Å². The van der Waals surface area contributed by atoms with Gasteiger partial charge in [0.05, 0.1) is 0 Å². The fourth-order valence-electron chi connectivity index (χ4n) is 2.59. The summed E-state index contributed by atoms with van der Waals surface area (Å²) in [5.41, 5.74) is 0. The molecular formula is C14H23BrN2S. The van der Waals surface area contributed by atoms with Crippen LogP contribution in [0.2, 0.25) is 0 Å². The molecule has 0 radical (unpaired) electrons. The molecule has 2 atom stereocenters. The number of nitrogens with one attached hydrogen (secondary N) is 1. The molecular weight excluding hydrogens is 308 g/mol. The molecule has 1 aromatic rings. The summed E-state index contributed by atoms with van der Waals surface area (Å²) in [5.74, 6) is 0. The van der Waals surface area contributed by atoms with Crippen LogP contribution in [0.1, 0.15) is 38.0 Å². The summed E-state index contributed by atoms with van der Waals surface area (Å²) >= 11 is 5.50. The lowest BCUT2D eigenvalue weighted by Crippen LogP contribution is -2.39. The van der Waals surface area contributed by atoms with Crippen LogP contribution in [0.4, 0.5) is 0 Å². The smallest absolute Gasteiger partial charge is 0.0342 e. The molecule has 1 aliphatic heterocycles. The van der Waals surface area contributed by atoms with Gasteiger partial charge in [0, 0.05) is 34.5 Å². The highest BCUT2D eigenvalue weighted by Gasteiger charge is 2.23. The van der Waals surface area contributed by atoms with Gasteiger partial charge in [0.25, 0.3) is 0 Å². The molecule has 102 valence electrons.